The van der Waals surface area contributed by atoms with Crippen LogP contribution in [-0.2, 0) is 10.0 Å². The quantitative estimate of drug-likeness (QED) is 0.802. The summed E-state index contributed by atoms with van der Waals surface area (Å²) in [4.78, 5) is 0. The molecule has 0 aliphatic heterocycles. The number of rotatable bonds is 6. The predicted octanol–water partition coefficient (Wildman–Crippen LogP) is 3.16. The van der Waals surface area contributed by atoms with Gasteiger partial charge in [-0.3, -0.25) is 0 Å². The largest absolute Gasteiger partial charge is 0.490 e. The topological polar surface area (TPSA) is 68.5 Å². The minimum Gasteiger partial charge on any atom is -0.490 e. The van der Waals surface area contributed by atoms with Gasteiger partial charge in [0.2, 0.25) is 10.0 Å². The van der Waals surface area contributed by atoms with Crippen LogP contribution in [0.3, 0.4) is 0 Å². The molecule has 7 heteroatoms. The monoisotopic (exact) mass is 361 g/mol. The first-order valence-corrected chi connectivity index (χ1v) is 8.95. The number of hydrogen-bond donors (Lipinski definition) is 1. The van der Waals surface area contributed by atoms with Gasteiger partial charge < -0.3 is 9.15 Å². The van der Waals surface area contributed by atoms with Crippen molar-refractivity contribution in [2.45, 2.75) is 19.9 Å². The molecule has 0 unspecified atom stereocenters. The van der Waals surface area contributed by atoms with Crippen LogP contribution in [0.15, 0.2) is 28.7 Å². The van der Waals surface area contributed by atoms with E-state index in [9.17, 15) is 8.42 Å². The van der Waals surface area contributed by atoms with Gasteiger partial charge >= 0.3 is 0 Å². The van der Waals surface area contributed by atoms with Gasteiger partial charge in [-0.05, 0) is 26.0 Å². The summed E-state index contributed by atoms with van der Waals surface area (Å²) in [7, 11) is -3.35. The zero-order valence-electron chi connectivity index (χ0n) is 11.2. The fourth-order valence-corrected chi connectivity index (χ4v) is 3.01. The molecule has 20 heavy (non-hydrogen) atoms. The van der Waals surface area contributed by atoms with Crippen molar-refractivity contribution in [3.63, 3.8) is 0 Å². The van der Waals surface area contributed by atoms with Crippen LogP contribution in [0, 0.1) is 0 Å². The summed E-state index contributed by atoms with van der Waals surface area (Å²) in [6, 6.07) is 6.97. The zero-order chi connectivity index (χ0) is 14.8. The summed E-state index contributed by atoms with van der Waals surface area (Å²) >= 11 is 2.94. The second-order valence-corrected chi connectivity index (χ2v) is 7.38. The number of para-hydroxylation sites is 1. The lowest BCUT2D eigenvalue weighted by molar-refractivity contribution is 0.336. The minimum absolute atomic E-state index is 0.144. The summed E-state index contributed by atoms with van der Waals surface area (Å²) in [5.41, 5.74) is 0.634. The average molecular weight is 362 g/mol. The Labute approximate surface area is 126 Å². The van der Waals surface area contributed by atoms with Crippen LogP contribution in [0.25, 0.3) is 11.0 Å². The van der Waals surface area contributed by atoms with E-state index in [-0.39, 0.29) is 4.66 Å². The van der Waals surface area contributed by atoms with Gasteiger partial charge in [-0.1, -0.05) is 28.1 Å². The number of sulfonamides is 1. The van der Waals surface area contributed by atoms with Crippen molar-refractivity contribution in [1.82, 2.24) is 4.72 Å². The van der Waals surface area contributed by atoms with Crippen molar-refractivity contribution < 1.29 is 17.6 Å². The van der Waals surface area contributed by atoms with Gasteiger partial charge in [0.15, 0.2) is 11.3 Å². The predicted molar refractivity (Wildman–Crippen MR) is 81.6 cm³/mol. The highest BCUT2D eigenvalue weighted by molar-refractivity contribution is 9.10. The summed E-state index contributed by atoms with van der Waals surface area (Å²) in [5, 5.41) is 0.885. The van der Waals surface area contributed by atoms with Crippen LogP contribution >= 0.6 is 15.9 Å². The number of alkyl halides is 1. The zero-order valence-corrected chi connectivity index (χ0v) is 13.6. The molecule has 2 aromatic rings. The lowest BCUT2D eigenvalue weighted by Crippen LogP contribution is -2.27. The van der Waals surface area contributed by atoms with Crippen LogP contribution in [0.1, 0.15) is 25.6 Å². The van der Waals surface area contributed by atoms with E-state index >= 15 is 0 Å². The molecule has 0 aliphatic rings. The number of furan rings is 1. The first-order chi connectivity index (χ1) is 9.46. The summed E-state index contributed by atoms with van der Waals surface area (Å²) in [5.74, 6) is 1.21. The number of benzene rings is 1. The highest BCUT2D eigenvalue weighted by Gasteiger charge is 2.18. The third-order valence-corrected chi connectivity index (χ3v) is 5.56. The fraction of sp³-hybridized carbons (Fsp3) is 0.385. The van der Waals surface area contributed by atoms with Gasteiger partial charge in [-0.2, -0.15) is 0 Å². The smallest absolute Gasteiger partial charge is 0.222 e. The van der Waals surface area contributed by atoms with E-state index in [1.165, 1.54) is 0 Å². The Morgan fingerprint density at radius 2 is 2.20 bits per heavy atom. The number of halogens is 1. The number of ether oxygens (including phenoxy) is 1. The Bertz CT molecular complexity index is 695. The number of fused-ring (bicyclic) bond motifs is 1. The van der Waals surface area contributed by atoms with Crippen molar-refractivity contribution >= 4 is 36.9 Å². The Morgan fingerprint density at radius 1 is 1.45 bits per heavy atom. The molecule has 1 aromatic carbocycles. The molecule has 1 N–H and O–H groups in total. The highest BCUT2D eigenvalue weighted by Crippen LogP contribution is 2.31. The second-order valence-electron chi connectivity index (χ2n) is 4.32. The van der Waals surface area contributed by atoms with E-state index in [1.54, 1.807) is 6.92 Å². The van der Waals surface area contributed by atoms with Gasteiger partial charge in [0.25, 0.3) is 0 Å². The van der Waals surface area contributed by atoms with Crippen LogP contribution in [-0.4, -0.2) is 19.7 Å². The maximum Gasteiger partial charge on any atom is 0.222 e. The SMILES string of the molecule is CCOc1cccc2cc([C@@H](C)NS(=O)(=O)CBr)oc12. The van der Waals surface area contributed by atoms with E-state index in [2.05, 4.69) is 20.7 Å². The molecule has 110 valence electrons. The van der Waals surface area contributed by atoms with Gasteiger partial charge in [-0.25, -0.2) is 13.1 Å². The Kier molecular flexibility index (Phi) is 4.72. The minimum atomic E-state index is -3.35. The van der Waals surface area contributed by atoms with E-state index < -0.39 is 16.1 Å². The lowest BCUT2D eigenvalue weighted by Gasteiger charge is -2.09. The highest BCUT2D eigenvalue weighted by atomic mass is 79.9. The van der Waals surface area contributed by atoms with E-state index in [4.69, 9.17) is 9.15 Å². The molecule has 1 atom stereocenters. The van der Waals surface area contributed by atoms with Crippen LogP contribution in [0.5, 0.6) is 5.75 Å². The van der Waals surface area contributed by atoms with Crippen molar-refractivity contribution in [2.24, 2.45) is 0 Å². The summed E-state index contributed by atoms with van der Waals surface area (Å²) in [6.07, 6.45) is 0. The van der Waals surface area contributed by atoms with Crippen LogP contribution in [0.4, 0.5) is 0 Å². The van der Waals surface area contributed by atoms with Crippen LogP contribution in [0.2, 0.25) is 0 Å². The van der Waals surface area contributed by atoms with Gasteiger partial charge in [0.05, 0.1) is 12.6 Å². The molecule has 1 aromatic heterocycles. The van der Waals surface area contributed by atoms with E-state index in [0.29, 0.717) is 23.7 Å². The molecular weight excluding hydrogens is 346 g/mol. The van der Waals surface area contributed by atoms with Crippen molar-refractivity contribution in [3.05, 3.63) is 30.0 Å². The first kappa shape index (κ1) is 15.3. The molecule has 0 radical (unpaired) electrons. The molecule has 0 saturated carbocycles. The normalized spacial score (nSPS) is 13.6. The maximum atomic E-state index is 11.5. The van der Waals surface area contributed by atoms with Gasteiger partial charge in [-0.15, -0.1) is 0 Å². The van der Waals surface area contributed by atoms with Crippen LogP contribution < -0.4 is 9.46 Å². The first-order valence-electron chi connectivity index (χ1n) is 6.18. The Morgan fingerprint density at radius 3 is 2.85 bits per heavy atom. The molecule has 0 bridgehead atoms. The standard InChI is InChI=1S/C13H16BrNO4S/c1-3-18-11-6-4-5-10-7-12(19-13(10)11)9(2)15-20(16,17)8-14/h4-7,9,15H,3,8H2,1-2H3/t9-/m1/s1. The number of nitrogens with one attached hydrogen (secondary N) is 1. The Hall–Kier alpha value is -1.05. The van der Waals surface area contributed by atoms with E-state index in [1.807, 2.05) is 31.2 Å². The molecule has 0 spiro atoms. The second kappa shape index (κ2) is 6.15. The molecular formula is C13H16BrNO4S. The fourth-order valence-electron chi connectivity index (χ4n) is 1.90. The maximum absolute atomic E-state index is 11.5. The third-order valence-electron chi connectivity index (χ3n) is 2.75. The summed E-state index contributed by atoms with van der Waals surface area (Å²) in [6.45, 7) is 4.18. The Balaban J connectivity index is 2.34. The summed E-state index contributed by atoms with van der Waals surface area (Å²) < 4.78 is 36.7. The molecule has 2 rings (SSSR count). The molecule has 1 heterocycles. The lowest BCUT2D eigenvalue weighted by atomic mass is 10.2. The van der Waals surface area contributed by atoms with Crippen molar-refractivity contribution in [1.29, 1.82) is 0 Å². The van der Waals surface area contributed by atoms with Crippen molar-refractivity contribution in [2.75, 3.05) is 11.3 Å². The molecule has 5 nitrogen and oxygen atoms in total. The number of hydrogen-bond acceptors (Lipinski definition) is 4. The van der Waals surface area contributed by atoms with Gasteiger partial charge in [0, 0.05) is 5.39 Å². The molecule has 0 fully saturated rings. The van der Waals surface area contributed by atoms with Crippen molar-refractivity contribution in [3.8, 4) is 5.75 Å². The average Bonchev–Trinajstić information content (AvgIpc) is 2.84. The third kappa shape index (κ3) is 3.34. The molecule has 0 saturated heterocycles. The van der Waals surface area contributed by atoms with E-state index in [0.717, 1.165) is 5.39 Å². The van der Waals surface area contributed by atoms with Gasteiger partial charge in [0.1, 0.15) is 10.4 Å². The molecule has 0 aliphatic carbocycles. The molecule has 0 amide bonds.